The number of nitrogens with zero attached hydrogens (tertiary/aromatic N) is 7. The van der Waals surface area contributed by atoms with Crippen LogP contribution in [0.4, 0.5) is 0 Å². The van der Waals surface area contributed by atoms with Gasteiger partial charge >= 0.3 is 5.97 Å². The van der Waals surface area contributed by atoms with Crippen LogP contribution in [0.5, 0.6) is 0 Å². The number of amides is 1. The van der Waals surface area contributed by atoms with E-state index >= 15 is 0 Å². The summed E-state index contributed by atoms with van der Waals surface area (Å²) in [6, 6.07) is 3.69. The Morgan fingerprint density at radius 3 is 2.70 bits per heavy atom. The van der Waals surface area contributed by atoms with Crippen LogP contribution in [0.25, 0.3) is 5.82 Å². The van der Waals surface area contributed by atoms with E-state index in [1.165, 1.54) is 17.1 Å². The molecule has 2 aromatic rings. The summed E-state index contributed by atoms with van der Waals surface area (Å²) in [7, 11) is 0. The van der Waals surface area contributed by atoms with Gasteiger partial charge in [-0.25, -0.2) is 9.78 Å². The molecular formula is C22H27N7O4. The Hall–Kier alpha value is -3.18. The molecular weight excluding hydrogens is 426 g/mol. The van der Waals surface area contributed by atoms with Crippen molar-refractivity contribution in [2.24, 2.45) is 5.41 Å². The van der Waals surface area contributed by atoms with Gasteiger partial charge in [-0.3, -0.25) is 4.79 Å². The van der Waals surface area contributed by atoms with E-state index in [9.17, 15) is 14.7 Å². The maximum atomic E-state index is 13.5. The number of likely N-dealkylation sites (tertiary alicyclic amines) is 2. The number of hydrogen-bond donors (Lipinski definition) is 1. The van der Waals surface area contributed by atoms with Gasteiger partial charge in [-0.2, -0.15) is 4.68 Å². The van der Waals surface area contributed by atoms with E-state index in [4.69, 9.17) is 4.74 Å². The number of β-amino-alcohol motifs (C(OH)–C–C–N with tert-alkyl or cyclic N) is 1. The topological polar surface area (TPSA) is 127 Å². The number of carbonyl (C=O) groups excluding carboxylic acids is 2. The third-order valence-electron chi connectivity index (χ3n) is 7.08. The molecule has 5 heterocycles. The fraction of sp³-hybridized carbons (Fsp3) is 0.545. The molecule has 0 radical (unpaired) electrons. The number of ether oxygens (including phenoxy) is 1. The summed E-state index contributed by atoms with van der Waals surface area (Å²) < 4.78 is 6.50. The zero-order valence-corrected chi connectivity index (χ0v) is 18.5. The van der Waals surface area contributed by atoms with Crippen LogP contribution in [0.1, 0.15) is 44.3 Å². The number of aromatic nitrogens is 5. The molecule has 11 nitrogen and oxygen atoms in total. The predicted octanol–water partition coefficient (Wildman–Crippen LogP) is 0.624. The number of esters is 1. The molecule has 33 heavy (non-hydrogen) atoms. The van der Waals surface area contributed by atoms with Gasteiger partial charge in [-0.15, -0.1) is 5.10 Å². The number of pyridine rings is 1. The first-order valence-electron chi connectivity index (χ1n) is 11.3. The number of aliphatic hydroxyl groups is 1. The number of piperidine rings is 1. The predicted molar refractivity (Wildman–Crippen MR) is 115 cm³/mol. The molecule has 11 heteroatoms. The van der Waals surface area contributed by atoms with Crippen molar-refractivity contribution in [3.63, 3.8) is 0 Å². The lowest BCUT2D eigenvalue weighted by molar-refractivity contribution is -0.139. The van der Waals surface area contributed by atoms with E-state index in [0.717, 1.165) is 44.3 Å². The molecule has 3 aliphatic heterocycles. The van der Waals surface area contributed by atoms with Crippen LogP contribution in [-0.4, -0.2) is 84.3 Å². The fourth-order valence-corrected chi connectivity index (χ4v) is 5.17. The molecule has 2 fully saturated rings. The van der Waals surface area contributed by atoms with Crippen molar-refractivity contribution in [1.29, 1.82) is 0 Å². The zero-order chi connectivity index (χ0) is 23.0. The molecule has 0 saturated carbocycles. The molecule has 5 rings (SSSR count). The number of carbonyl (C=O) groups is 2. The lowest BCUT2D eigenvalue weighted by atomic mass is 9.75. The summed E-state index contributed by atoms with van der Waals surface area (Å²) in [5.74, 6) is 0.314. The van der Waals surface area contributed by atoms with Crippen LogP contribution in [0.3, 0.4) is 0 Å². The molecule has 0 aromatic carbocycles. The second kappa shape index (κ2) is 8.64. The molecule has 1 unspecified atom stereocenters. The molecule has 1 amide bonds. The van der Waals surface area contributed by atoms with Crippen molar-refractivity contribution < 1.29 is 19.4 Å². The van der Waals surface area contributed by atoms with Crippen molar-refractivity contribution >= 4 is 11.9 Å². The van der Waals surface area contributed by atoms with Gasteiger partial charge in [0.25, 0.3) is 0 Å². The molecule has 1 N–H and O–H groups in total. The standard InChI is InChI=1S/C22H27N7O4/c1-2-16-10-22(21(32)29(16)17-9-20(31)33-13-17)5-7-27(8-6-22)12-18(30)15-3-4-19(23-11-15)28-14-24-25-26-28/h3-4,9,11,14,16,18,30H,2,5-8,10,12-13H2,1H3/t16?,18-/m1/s1. The highest BCUT2D eigenvalue weighted by atomic mass is 16.5. The van der Waals surface area contributed by atoms with Crippen molar-refractivity contribution in [3.05, 3.63) is 42.0 Å². The van der Waals surface area contributed by atoms with Gasteiger partial charge in [0.05, 0.1) is 17.2 Å². The van der Waals surface area contributed by atoms with Crippen molar-refractivity contribution in [2.75, 3.05) is 26.2 Å². The minimum absolute atomic E-state index is 0.0974. The molecule has 3 aliphatic rings. The third-order valence-corrected chi connectivity index (χ3v) is 7.08. The average Bonchev–Trinajstić information content (AvgIpc) is 3.56. The fourth-order valence-electron chi connectivity index (χ4n) is 5.17. The Morgan fingerprint density at radius 1 is 1.27 bits per heavy atom. The number of aliphatic hydroxyl groups excluding tert-OH is 1. The van der Waals surface area contributed by atoms with Gasteiger partial charge in [0.1, 0.15) is 12.9 Å². The van der Waals surface area contributed by atoms with Crippen LogP contribution in [0.2, 0.25) is 0 Å². The van der Waals surface area contributed by atoms with E-state index in [1.807, 2.05) is 11.0 Å². The van der Waals surface area contributed by atoms with Crippen LogP contribution in [-0.2, 0) is 14.3 Å². The molecule has 0 bridgehead atoms. The van der Waals surface area contributed by atoms with Crippen molar-refractivity contribution in [1.82, 2.24) is 35.0 Å². The van der Waals surface area contributed by atoms with Gasteiger partial charge in [-0.05, 0) is 55.3 Å². The highest BCUT2D eigenvalue weighted by Crippen LogP contribution is 2.47. The van der Waals surface area contributed by atoms with Gasteiger partial charge in [0, 0.05) is 30.4 Å². The maximum absolute atomic E-state index is 13.5. The van der Waals surface area contributed by atoms with Gasteiger partial charge in [-0.1, -0.05) is 13.0 Å². The normalized spacial score (nSPS) is 23.8. The summed E-state index contributed by atoms with van der Waals surface area (Å²) in [5, 5.41) is 21.7. The van der Waals surface area contributed by atoms with Crippen LogP contribution in [0.15, 0.2) is 36.4 Å². The summed E-state index contributed by atoms with van der Waals surface area (Å²) >= 11 is 0. The van der Waals surface area contributed by atoms with Crippen molar-refractivity contribution in [3.8, 4) is 5.82 Å². The minimum Gasteiger partial charge on any atom is -0.456 e. The monoisotopic (exact) mass is 453 g/mol. The van der Waals surface area contributed by atoms with E-state index in [-0.39, 0.29) is 24.5 Å². The summed E-state index contributed by atoms with van der Waals surface area (Å²) in [5.41, 5.74) is 1.01. The summed E-state index contributed by atoms with van der Waals surface area (Å²) in [4.78, 5) is 33.3. The molecule has 2 aromatic heterocycles. The Balaban J connectivity index is 1.20. The summed E-state index contributed by atoms with van der Waals surface area (Å²) in [6.45, 7) is 4.20. The second-order valence-corrected chi connectivity index (χ2v) is 8.99. The van der Waals surface area contributed by atoms with Crippen LogP contribution < -0.4 is 0 Å². The Labute approximate surface area is 191 Å². The van der Waals surface area contributed by atoms with Gasteiger partial charge < -0.3 is 19.6 Å². The lowest BCUT2D eigenvalue weighted by Gasteiger charge is -2.38. The minimum atomic E-state index is -0.680. The number of rotatable bonds is 6. The number of cyclic esters (lactones) is 1. The van der Waals surface area contributed by atoms with Gasteiger partial charge in [0.2, 0.25) is 5.91 Å². The Morgan fingerprint density at radius 2 is 2.09 bits per heavy atom. The molecule has 2 saturated heterocycles. The average molecular weight is 454 g/mol. The first kappa shape index (κ1) is 21.7. The number of tetrazole rings is 1. The van der Waals surface area contributed by atoms with E-state index in [0.29, 0.717) is 18.1 Å². The summed E-state index contributed by atoms with van der Waals surface area (Å²) in [6.07, 6.45) is 6.99. The molecule has 2 atom stereocenters. The van der Waals surface area contributed by atoms with E-state index < -0.39 is 11.5 Å². The van der Waals surface area contributed by atoms with Crippen LogP contribution >= 0.6 is 0 Å². The highest BCUT2D eigenvalue weighted by Gasteiger charge is 2.53. The molecule has 174 valence electrons. The Bertz CT molecular complexity index is 1050. The first-order chi connectivity index (χ1) is 16.0. The second-order valence-electron chi connectivity index (χ2n) is 8.99. The van der Waals surface area contributed by atoms with Crippen LogP contribution in [0, 0.1) is 5.41 Å². The largest absolute Gasteiger partial charge is 0.456 e. The zero-order valence-electron chi connectivity index (χ0n) is 18.5. The lowest BCUT2D eigenvalue weighted by Crippen LogP contribution is -2.45. The highest BCUT2D eigenvalue weighted by molar-refractivity contribution is 5.91. The maximum Gasteiger partial charge on any atom is 0.333 e. The third kappa shape index (κ3) is 4.02. The molecule has 1 spiro atoms. The Kier molecular flexibility index (Phi) is 5.67. The van der Waals surface area contributed by atoms with E-state index in [2.05, 4.69) is 32.3 Å². The quantitative estimate of drug-likeness (QED) is 0.626. The first-order valence-corrected chi connectivity index (χ1v) is 11.3. The smallest absolute Gasteiger partial charge is 0.333 e. The van der Waals surface area contributed by atoms with Crippen molar-refractivity contribution in [2.45, 2.75) is 44.8 Å². The van der Waals surface area contributed by atoms with E-state index in [1.54, 1.807) is 12.3 Å². The number of hydrogen-bond acceptors (Lipinski definition) is 9. The van der Waals surface area contributed by atoms with Gasteiger partial charge in [0.15, 0.2) is 5.82 Å². The SMILES string of the molecule is CCC1CC2(CCN(C[C@@H](O)c3ccc(-n4cnnn4)nc3)CC2)C(=O)N1C1=CC(=O)OC1. The molecule has 0 aliphatic carbocycles.